The fourth-order valence-corrected chi connectivity index (χ4v) is 2.49. The van der Waals surface area contributed by atoms with Crippen LogP contribution in [0.4, 0.5) is 4.39 Å². The number of hydrogen-bond acceptors (Lipinski definition) is 1. The largest absolute Gasteiger partial charge is 0.349 e. The molecule has 1 aromatic carbocycles. The molecule has 1 aliphatic rings. The molecule has 1 aliphatic heterocycles. The fourth-order valence-electron chi connectivity index (χ4n) is 2.49. The number of carbonyl (C=O) groups excluding carboxylic acids is 1. The molecular formula is C13H13FN2O. The highest BCUT2D eigenvalue weighted by atomic mass is 19.1. The molecule has 17 heavy (non-hydrogen) atoms. The summed E-state index contributed by atoms with van der Waals surface area (Å²) in [5.74, 6) is -0.392. The van der Waals surface area contributed by atoms with Crippen molar-refractivity contribution >= 4 is 16.8 Å². The van der Waals surface area contributed by atoms with E-state index in [0.29, 0.717) is 17.8 Å². The molecule has 0 bridgehead atoms. The number of rotatable bonds is 0. The lowest BCUT2D eigenvalue weighted by atomic mass is 10.1. The van der Waals surface area contributed by atoms with Gasteiger partial charge in [-0.15, -0.1) is 0 Å². The number of carbonyl (C=O) groups is 1. The van der Waals surface area contributed by atoms with Crippen LogP contribution in [0.25, 0.3) is 10.9 Å². The number of amides is 1. The number of hydrogen-bond donors (Lipinski definition) is 1. The van der Waals surface area contributed by atoms with Crippen LogP contribution in [0.15, 0.2) is 18.2 Å². The van der Waals surface area contributed by atoms with E-state index in [9.17, 15) is 9.18 Å². The standard InChI is InChI=1S/C13H13FN2O/c1-7-3-4-10(14)12-9(7)5-11-13(17)15-6-8(2)16(11)12/h3-5,8H,6H2,1-2H3,(H,15,17)/t8-/m1/s1. The van der Waals surface area contributed by atoms with Crippen molar-refractivity contribution in [3.8, 4) is 0 Å². The summed E-state index contributed by atoms with van der Waals surface area (Å²) in [6, 6.07) is 5.06. The molecule has 1 amide bonds. The first kappa shape index (κ1) is 10.3. The Bertz CT molecular complexity index is 630. The van der Waals surface area contributed by atoms with E-state index in [1.54, 1.807) is 16.7 Å². The number of nitrogens with zero attached hydrogens (tertiary/aromatic N) is 1. The highest BCUT2D eigenvalue weighted by Crippen LogP contribution is 2.30. The summed E-state index contributed by atoms with van der Waals surface area (Å²) < 4.78 is 15.7. The van der Waals surface area contributed by atoms with Gasteiger partial charge in [0.1, 0.15) is 11.5 Å². The molecule has 0 saturated heterocycles. The first-order chi connectivity index (χ1) is 8.09. The summed E-state index contributed by atoms with van der Waals surface area (Å²) in [4.78, 5) is 11.8. The van der Waals surface area contributed by atoms with E-state index >= 15 is 0 Å². The molecule has 1 aromatic heterocycles. The number of aryl methyl sites for hydroxylation is 1. The van der Waals surface area contributed by atoms with E-state index in [1.165, 1.54) is 6.07 Å². The maximum absolute atomic E-state index is 13.9. The Morgan fingerprint density at radius 2 is 2.24 bits per heavy atom. The van der Waals surface area contributed by atoms with Crippen LogP contribution in [0.1, 0.15) is 29.0 Å². The van der Waals surface area contributed by atoms with Crippen molar-refractivity contribution < 1.29 is 9.18 Å². The van der Waals surface area contributed by atoms with E-state index < -0.39 is 0 Å². The van der Waals surface area contributed by atoms with Crippen LogP contribution in [0.5, 0.6) is 0 Å². The van der Waals surface area contributed by atoms with Gasteiger partial charge in [-0.3, -0.25) is 4.79 Å². The van der Waals surface area contributed by atoms with Crippen molar-refractivity contribution in [3.63, 3.8) is 0 Å². The van der Waals surface area contributed by atoms with Gasteiger partial charge in [-0.25, -0.2) is 4.39 Å². The van der Waals surface area contributed by atoms with Crippen LogP contribution in [0.2, 0.25) is 0 Å². The van der Waals surface area contributed by atoms with Crippen molar-refractivity contribution in [1.29, 1.82) is 0 Å². The SMILES string of the molecule is Cc1ccc(F)c2c1cc1n2[C@H](C)CNC1=O. The molecule has 2 heterocycles. The number of benzene rings is 1. The van der Waals surface area contributed by atoms with Gasteiger partial charge in [0.05, 0.1) is 5.52 Å². The molecule has 88 valence electrons. The summed E-state index contributed by atoms with van der Waals surface area (Å²) in [5, 5.41) is 3.63. The van der Waals surface area contributed by atoms with Gasteiger partial charge < -0.3 is 9.88 Å². The topological polar surface area (TPSA) is 34.0 Å². The maximum Gasteiger partial charge on any atom is 0.268 e. The lowest BCUT2D eigenvalue weighted by molar-refractivity contribution is 0.0919. The molecule has 2 aromatic rings. The van der Waals surface area contributed by atoms with Gasteiger partial charge in [-0.05, 0) is 31.5 Å². The second-order valence-corrected chi connectivity index (χ2v) is 4.59. The second-order valence-electron chi connectivity index (χ2n) is 4.59. The molecule has 0 aliphatic carbocycles. The number of fused-ring (bicyclic) bond motifs is 3. The van der Waals surface area contributed by atoms with Gasteiger partial charge in [0.25, 0.3) is 5.91 Å². The third-order valence-corrected chi connectivity index (χ3v) is 3.40. The molecular weight excluding hydrogens is 219 g/mol. The lowest BCUT2D eigenvalue weighted by Crippen LogP contribution is -2.37. The van der Waals surface area contributed by atoms with Crippen molar-refractivity contribution in [2.75, 3.05) is 6.54 Å². The minimum absolute atomic E-state index is 0.0801. The van der Waals surface area contributed by atoms with Crippen LogP contribution in [0, 0.1) is 12.7 Å². The Balaban J connectivity index is 2.46. The highest BCUT2D eigenvalue weighted by molar-refractivity contribution is 6.00. The van der Waals surface area contributed by atoms with Gasteiger partial charge in [-0.2, -0.15) is 0 Å². The van der Waals surface area contributed by atoms with Crippen LogP contribution in [0.3, 0.4) is 0 Å². The first-order valence-corrected chi connectivity index (χ1v) is 5.68. The minimum Gasteiger partial charge on any atom is -0.349 e. The molecule has 3 rings (SSSR count). The van der Waals surface area contributed by atoms with Crippen molar-refractivity contribution in [3.05, 3.63) is 35.3 Å². The lowest BCUT2D eigenvalue weighted by Gasteiger charge is -2.24. The predicted octanol–water partition coefficient (Wildman–Crippen LogP) is 2.39. The van der Waals surface area contributed by atoms with Crippen molar-refractivity contribution in [1.82, 2.24) is 9.88 Å². The number of nitrogens with one attached hydrogen (secondary N) is 1. The summed E-state index contributed by atoms with van der Waals surface area (Å²) in [6.07, 6.45) is 0. The van der Waals surface area contributed by atoms with Gasteiger partial charge >= 0.3 is 0 Å². The molecule has 1 atom stereocenters. The molecule has 0 saturated carbocycles. The Labute approximate surface area is 98.2 Å². The Hall–Kier alpha value is -1.84. The summed E-state index contributed by atoms with van der Waals surface area (Å²) in [6.45, 7) is 4.45. The molecule has 3 nitrogen and oxygen atoms in total. The first-order valence-electron chi connectivity index (χ1n) is 5.68. The number of aromatic nitrogens is 1. The maximum atomic E-state index is 13.9. The zero-order valence-corrected chi connectivity index (χ0v) is 9.75. The number of halogens is 1. The zero-order chi connectivity index (χ0) is 12.2. The normalized spacial score (nSPS) is 19.2. The van der Waals surface area contributed by atoms with Gasteiger partial charge in [0.2, 0.25) is 0 Å². The van der Waals surface area contributed by atoms with E-state index in [2.05, 4.69) is 5.32 Å². The van der Waals surface area contributed by atoms with Crippen LogP contribution >= 0.6 is 0 Å². The highest BCUT2D eigenvalue weighted by Gasteiger charge is 2.26. The van der Waals surface area contributed by atoms with E-state index in [1.807, 2.05) is 13.8 Å². The average molecular weight is 232 g/mol. The quantitative estimate of drug-likeness (QED) is 0.743. The van der Waals surface area contributed by atoms with E-state index in [4.69, 9.17) is 0 Å². The van der Waals surface area contributed by atoms with Gasteiger partial charge in [-0.1, -0.05) is 6.07 Å². The third kappa shape index (κ3) is 1.30. The second kappa shape index (κ2) is 3.32. The fraction of sp³-hybridized carbons (Fsp3) is 0.308. The van der Waals surface area contributed by atoms with Crippen LogP contribution < -0.4 is 5.32 Å². The minimum atomic E-state index is -0.265. The molecule has 0 radical (unpaired) electrons. The smallest absolute Gasteiger partial charge is 0.268 e. The zero-order valence-electron chi connectivity index (χ0n) is 9.75. The summed E-state index contributed by atoms with van der Waals surface area (Å²) in [7, 11) is 0. The van der Waals surface area contributed by atoms with Crippen LogP contribution in [-0.2, 0) is 0 Å². The van der Waals surface area contributed by atoms with Gasteiger partial charge in [0, 0.05) is 18.0 Å². The predicted molar refractivity (Wildman–Crippen MR) is 63.7 cm³/mol. The van der Waals surface area contributed by atoms with Crippen molar-refractivity contribution in [2.45, 2.75) is 19.9 Å². The van der Waals surface area contributed by atoms with Gasteiger partial charge in [0.15, 0.2) is 0 Å². The van der Waals surface area contributed by atoms with Crippen LogP contribution in [-0.4, -0.2) is 17.0 Å². The molecule has 4 heteroatoms. The average Bonchev–Trinajstić information content (AvgIpc) is 2.71. The Morgan fingerprint density at radius 3 is 3.00 bits per heavy atom. The van der Waals surface area contributed by atoms with Crippen molar-refractivity contribution in [2.24, 2.45) is 0 Å². The molecule has 0 unspecified atom stereocenters. The Morgan fingerprint density at radius 1 is 1.47 bits per heavy atom. The molecule has 0 fully saturated rings. The van der Waals surface area contributed by atoms with E-state index in [-0.39, 0.29) is 17.8 Å². The third-order valence-electron chi connectivity index (χ3n) is 3.40. The molecule has 0 spiro atoms. The molecule has 1 N–H and O–H groups in total. The monoisotopic (exact) mass is 232 g/mol. The van der Waals surface area contributed by atoms with E-state index in [0.717, 1.165) is 10.9 Å². The summed E-state index contributed by atoms with van der Waals surface area (Å²) in [5.41, 5.74) is 2.08. The Kier molecular flexibility index (Phi) is 2.02. The summed E-state index contributed by atoms with van der Waals surface area (Å²) >= 11 is 0.